The Hall–Kier alpha value is -2.11. The number of rotatable bonds is 3. The summed E-state index contributed by atoms with van der Waals surface area (Å²) in [6.07, 6.45) is 4.98. The monoisotopic (exact) mass is 436 g/mol. The van der Waals surface area contributed by atoms with Crippen LogP contribution in [0, 0.1) is 0 Å². The minimum absolute atomic E-state index is 0.00662. The summed E-state index contributed by atoms with van der Waals surface area (Å²) < 4.78 is 1.07. The van der Waals surface area contributed by atoms with E-state index in [0.29, 0.717) is 0 Å². The molecule has 0 amide bonds. The van der Waals surface area contributed by atoms with Crippen LogP contribution < -0.4 is 0 Å². The standard InChI is InChI=1S/C23H25BrN4/c1-23(2,3)22-26-13-17-15-28(11-10-20(17)27-22)14-16-8-9-21(25-12-16)18-6-4-5-7-19(18)24/h4-9,12-13H,10-11,14-15H2,1-3H3. The van der Waals surface area contributed by atoms with Crippen LogP contribution in [0.25, 0.3) is 11.3 Å². The maximum absolute atomic E-state index is 4.82. The van der Waals surface area contributed by atoms with Gasteiger partial charge in [0.05, 0.1) is 5.69 Å². The average molecular weight is 437 g/mol. The first-order valence-electron chi connectivity index (χ1n) is 9.67. The predicted molar refractivity (Wildman–Crippen MR) is 116 cm³/mol. The molecule has 1 aromatic carbocycles. The topological polar surface area (TPSA) is 41.9 Å². The van der Waals surface area contributed by atoms with E-state index in [1.54, 1.807) is 0 Å². The van der Waals surface area contributed by atoms with Crippen LogP contribution in [0.4, 0.5) is 0 Å². The molecule has 28 heavy (non-hydrogen) atoms. The first kappa shape index (κ1) is 19.2. The lowest BCUT2D eigenvalue weighted by Crippen LogP contribution is -2.32. The Labute approximate surface area is 175 Å². The number of aromatic nitrogens is 3. The zero-order chi connectivity index (χ0) is 19.7. The van der Waals surface area contributed by atoms with Crippen molar-refractivity contribution in [1.82, 2.24) is 19.9 Å². The van der Waals surface area contributed by atoms with E-state index in [-0.39, 0.29) is 5.41 Å². The van der Waals surface area contributed by atoms with Crippen molar-refractivity contribution in [3.05, 3.63) is 75.9 Å². The van der Waals surface area contributed by atoms with Crippen LogP contribution in [0.15, 0.2) is 53.3 Å². The summed E-state index contributed by atoms with van der Waals surface area (Å²) in [7, 11) is 0. The van der Waals surface area contributed by atoms with Crippen molar-refractivity contribution in [3.63, 3.8) is 0 Å². The Morgan fingerprint density at radius 1 is 1.04 bits per heavy atom. The molecular weight excluding hydrogens is 412 g/mol. The van der Waals surface area contributed by atoms with Crippen molar-refractivity contribution in [3.8, 4) is 11.3 Å². The van der Waals surface area contributed by atoms with Gasteiger partial charge in [0.2, 0.25) is 0 Å². The Balaban J connectivity index is 1.45. The molecule has 2 aromatic heterocycles. The first-order chi connectivity index (χ1) is 13.4. The zero-order valence-corrected chi connectivity index (χ0v) is 18.2. The van der Waals surface area contributed by atoms with Gasteiger partial charge in [-0.25, -0.2) is 9.97 Å². The van der Waals surface area contributed by atoms with Gasteiger partial charge in [-0.05, 0) is 17.7 Å². The number of benzene rings is 1. The summed E-state index contributed by atoms with van der Waals surface area (Å²) in [6, 6.07) is 12.5. The number of fused-ring (bicyclic) bond motifs is 1. The lowest BCUT2D eigenvalue weighted by molar-refractivity contribution is 0.242. The largest absolute Gasteiger partial charge is 0.294 e. The van der Waals surface area contributed by atoms with E-state index in [0.717, 1.165) is 47.6 Å². The maximum atomic E-state index is 4.82. The number of halogens is 1. The molecule has 5 heteroatoms. The molecule has 0 radical (unpaired) electrons. The van der Waals surface area contributed by atoms with E-state index in [1.165, 1.54) is 16.8 Å². The Bertz CT molecular complexity index is 977. The molecule has 0 fully saturated rings. The zero-order valence-electron chi connectivity index (χ0n) is 16.6. The Morgan fingerprint density at radius 2 is 1.86 bits per heavy atom. The van der Waals surface area contributed by atoms with E-state index in [2.05, 4.69) is 69.8 Å². The van der Waals surface area contributed by atoms with E-state index in [9.17, 15) is 0 Å². The van der Waals surface area contributed by atoms with E-state index >= 15 is 0 Å². The minimum atomic E-state index is -0.00662. The highest BCUT2D eigenvalue weighted by Crippen LogP contribution is 2.27. The van der Waals surface area contributed by atoms with Gasteiger partial charge < -0.3 is 0 Å². The van der Waals surface area contributed by atoms with Crippen molar-refractivity contribution in [2.75, 3.05) is 6.54 Å². The van der Waals surface area contributed by atoms with Crippen molar-refractivity contribution < 1.29 is 0 Å². The fourth-order valence-electron chi connectivity index (χ4n) is 3.48. The van der Waals surface area contributed by atoms with Crippen LogP contribution in [0.1, 0.15) is 43.4 Å². The number of nitrogens with zero attached hydrogens (tertiary/aromatic N) is 4. The molecule has 0 atom stereocenters. The molecule has 0 bridgehead atoms. The molecule has 0 aliphatic carbocycles. The second kappa shape index (κ2) is 7.72. The molecular formula is C23H25BrN4. The summed E-state index contributed by atoms with van der Waals surface area (Å²) >= 11 is 3.60. The first-order valence-corrected chi connectivity index (χ1v) is 10.5. The van der Waals surface area contributed by atoms with Gasteiger partial charge in [0.25, 0.3) is 0 Å². The average Bonchev–Trinajstić information content (AvgIpc) is 2.68. The van der Waals surface area contributed by atoms with E-state index < -0.39 is 0 Å². The van der Waals surface area contributed by atoms with E-state index in [4.69, 9.17) is 4.98 Å². The molecule has 144 valence electrons. The normalized spacial score (nSPS) is 14.7. The molecule has 0 saturated carbocycles. The van der Waals surface area contributed by atoms with Crippen LogP contribution >= 0.6 is 15.9 Å². The van der Waals surface area contributed by atoms with Gasteiger partial charge in [-0.1, -0.05) is 61.0 Å². The summed E-state index contributed by atoms with van der Waals surface area (Å²) in [4.78, 5) is 16.5. The smallest absolute Gasteiger partial charge is 0.133 e. The molecule has 0 N–H and O–H groups in total. The molecule has 0 saturated heterocycles. The van der Waals surface area contributed by atoms with Crippen molar-refractivity contribution in [2.24, 2.45) is 0 Å². The second-order valence-corrected chi connectivity index (χ2v) is 9.26. The van der Waals surface area contributed by atoms with Gasteiger partial charge in [0.1, 0.15) is 5.82 Å². The van der Waals surface area contributed by atoms with Gasteiger partial charge in [-0.15, -0.1) is 0 Å². The molecule has 1 aliphatic rings. The van der Waals surface area contributed by atoms with Gasteiger partial charge in [0.15, 0.2) is 0 Å². The van der Waals surface area contributed by atoms with Crippen LogP contribution in [0.5, 0.6) is 0 Å². The third kappa shape index (κ3) is 4.15. The number of hydrogen-bond donors (Lipinski definition) is 0. The van der Waals surface area contributed by atoms with Crippen LogP contribution in [-0.4, -0.2) is 26.4 Å². The molecule has 3 heterocycles. The van der Waals surface area contributed by atoms with Crippen molar-refractivity contribution in [2.45, 2.75) is 45.7 Å². The highest BCUT2D eigenvalue weighted by molar-refractivity contribution is 9.10. The van der Waals surface area contributed by atoms with E-state index in [1.807, 2.05) is 30.6 Å². The molecule has 0 unspecified atom stereocenters. The Kier molecular flexibility index (Phi) is 5.30. The van der Waals surface area contributed by atoms with Crippen molar-refractivity contribution >= 4 is 15.9 Å². The van der Waals surface area contributed by atoms with Crippen LogP contribution in [0.2, 0.25) is 0 Å². The van der Waals surface area contributed by atoms with Gasteiger partial charge >= 0.3 is 0 Å². The fourth-order valence-corrected chi connectivity index (χ4v) is 3.96. The molecule has 0 spiro atoms. The second-order valence-electron chi connectivity index (χ2n) is 8.41. The molecule has 3 aromatic rings. The summed E-state index contributed by atoms with van der Waals surface area (Å²) in [5.41, 5.74) is 5.78. The third-order valence-electron chi connectivity index (χ3n) is 5.06. The van der Waals surface area contributed by atoms with Crippen LogP contribution in [-0.2, 0) is 24.9 Å². The maximum Gasteiger partial charge on any atom is 0.133 e. The quantitative estimate of drug-likeness (QED) is 0.568. The van der Waals surface area contributed by atoms with Crippen molar-refractivity contribution in [1.29, 1.82) is 0 Å². The Morgan fingerprint density at radius 3 is 2.57 bits per heavy atom. The molecule has 1 aliphatic heterocycles. The molecule has 4 rings (SSSR count). The highest BCUT2D eigenvalue weighted by atomic mass is 79.9. The lowest BCUT2D eigenvalue weighted by atomic mass is 9.95. The van der Waals surface area contributed by atoms with Gasteiger partial charge in [-0.2, -0.15) is 0 Å². The van der Waals surface area contributed by atoms with Gasteiger partial charge in [-0.3, -0.25) is 9.88 Å². The fraction of sp³-hybridized carbons (Fsp3) is 0.348. The predicted octanol–water partition coefficient (Wildman–Crippen LogP) is 5.16. The third-order valence-corrected chi connectivity index (χ3v) is 5.76. The summed E-state index contributed by atoms with van der Waals surface area (Å²) in [6.45, 7) is 9.28. The number of pyridine rings is 1. The number of hydrogen-bond acceptors (Lipinski definition) is 4. The minimum Gasteiger partial charge on any atom is -0.294 e. The van der Waals surface area contributed by atoms with Crippen LogP contribution in [0.3, 0.4) is 0 Å². The summed E-state index contributed by atoms with van der Waals surface area (Å²) in [5.74, 6) is 0.937. The highest BCUT2D eigenvalue weighted by Gasteiger charge is 2.23. The SMILES string of the molecule is CC(C)(C)c1ncc2c(n1)CCN(Cc1ccc(-c3ccccc3Br)nc1)C2. The summed E-state index contributed by atoms with van der Waals surface area (Å²) in [5, 5.41) is 0. The lowest BCUT2D eigenvalue weighted by Gasteiger charge is -2.29. The molecule has 4 nitrogen and oxygen atoms in total. The van der Waals surface area contributed by atoms with Gasteiger partial charge in [0, 0.05) is 65.2 Å².